The Morgan fingerprint density at radius 1 is 1.25 bits per heavy atom. The van der Waals surface area contributed by atoms with Gasteiger partial charge in [0.05, 0.1) is 5.56 Å². The smallest absolute Gasteiger partial charge is 0.341 e. The predicted octanol–water partition coefficient (Wildman–Crippen LogP) is 4.54. The molecule has 1 atom stereocenters. The Balaban J connectivity index is 1.52. The molecule has 1 aliphatic rings. The highest BCUT2D eigenvalue weighted by atomic mass is 32.1. The van der Waals surface area contributed by atoms with Crippen molar-refractivity contribution in [3.05, 3.63) is 47.6 Å². The normalized spacial score (nSPS) is 16.0. The lowest BCUT2D eigenvalue weighted by Gasteiger charge is -2.33. The zero-order chi connectivity index (χ0) is 19.5. The Hall–Kier alpha value is -2.67. The lowest BCUT2D eigenvalue weighted by Crippen LogP contribution is -2.47. The van der Waals surface area contributed by atoms with Crippen molar-refractivity contribution in [2.24, 2.45) is 0 Å². The lowest BCUT2D eigenvalue weighted by atomic mass is 9.94. The number of amides is 1. The quantitative estimate of drug-likeness (QED) is 0.642. The second-order valence-electron chi connectivity index (χ2n) is 7.11. The van der Waals surface area contributed by atoms with Crippen LogP contribution in [0.25, 0.3) is 10.9 Å². The van der Waals surface area contributed by atoms with E-state index in [2.05, 4.69) is 9.97 Å². The molecular formula is C21H23N3O3S. The number of nitrogens with zero attached hydrogens (tertiary/aromatic N) is 2. The van der Waals surface area contributed by atoms with E-state index in [9.17, 15) is 9.59 Å². The first-order valence-corrected chi connectivity index (χ1v) is 10.5. The van der Waals surface area contributed by atoms with Crippen LogP contribution in [0.2, 0.25) is 0 Å². The van der Waals surface area contributed by atoms with Crippen molar-refractivity contribution in [2.75, 3.05) is 4.90 Å². The molecule has 2 aromatic heterocycles. The van der Waals surface area contributed by atoms with E-state index in [1.807, 2.05) is 29.6 Å². The number of carbonyl (C=O) groups excluding carboxylic acids is 2. The summed E-state index contributed by atoms with van der Waals surface area (Å²) in [5, 5.41) is 3.32. The highest BCUT2D eigenvalue weighted by molar-refractivity contribution is 7.13. The van der Waals surface area contributed by atoms with Crippen LogP contribution in [0.4, 0.5) is 5.13 Å². The number of hydrogen-bond acceptors (Lipinski definition) is 5. The van der Waals surface area contributed by atoms with E-state index in [1.54, 1.807) is 24.2 Å². The minimum Gasteiger partial charge on any atom is -0.449 e. The maximum absolute atomic E-state index is 13.2. The Morgan fingerprint density at radius 3 is 2.79 bits per heavy atom. The molecule has 2 heterocycles. The molecule has 0 unspecified atom stereocenters. The Kier molecular flexibility index (Phi) is 5.43. The molecule has 1 saturated carbocycles. The number of aromatic nitrogens is 2. The molecule has 1 N–H and O–H groups in total. The van der Waals surface area contributed by atoms with Crippen LogP contribution in [0.5, 0.6) is 0 Å². The lowest BCUT2D eigenvalue weighted by molar-refractivity contribution is -0.127. The highest BCUT2D eigenvalue weighted by Crippen LogP contribution is 2.30. The van der Waals surface area contributed by atoms with Crippen LogP contribution in [-0.2, 0) is 9.53 Å². The molecule has 0 saturated heterocycles. The van der Waals surface area contributed by atoms with E-state index < -0.39 is 12.1 Å². The molecule has 0 aliphatic heterocycles. The van der Waals surface area contributed by atoms with Gasteiger partial charge in [-0.25, -0.2) is 9.78 Å². The van der Waals surface area contributed by atoms with Gasteiger partial charge in [-0.2, -0.15) is 0 Å². The largest absolute Gasteiger partial charge is 0.449 e. The van der Waals surface area contributed by atoms with E-state index in [0.29, 0.717) is 10.7 Å². The van der Waals surface area contributed by atoms with Gasteiger partial charge in [0.1, 0.15) is 0 Å². The number of H-pyrrole nitrogens is 1. The summed E-state index contributed by atoms with van der Waals surface area (Å²) in [4.78, 5) is 35.1. The number of benzene rings is 1. The van der Waals surface area contributed by atoms with Crippen molar-refractivity contribution in [1.82, 2.24) is 9.97 Å². The molecule has 3 aromatic rings. The average molecular weight is 398 g/mol. The third-order valence-corrected chi connectivity index (χ3v) is 6.01. The standard InChI is InChI=1S/C21H23N3O3S/c1-14(27-20(26)17-13-23-18-10-6-5-9-16(17)18)19(25)24(21-22-11-12-28-21)15-7-3-2-4-8-15/h5-6,9-15,23H,2-4,7-8H2,1H3/t14-/m0/s1. The van der Waals surface area contributed by atoms with E-state index in [-0.39, 0.29) is 11.9 Å². The van der Waals surface area contributed by atoms with Crippen molar-refractivity contribution in [3.8, 4) is 0 Å². The molecule has 1 fully saturated rings. The molecule has 6 nitrogen and oxygen atoms in total. The molecule has 0 spiro atoms. The van der Waals surface area contributed by atoms with Crippen LogP contribution in [0.1, 0.15) is 49.4 Å². The van der Waals surface area contributed by atoms with Gasteiger partial charge in [-0.05, 0) is 25.8 Å². The number of ether oxygens (including phenoxy) is 1. The summed E-state index contributed by atoms with van der Waals surface area (Å²) in [5.74, 6) is -0.712. The van der Waals surface area contributed by atoms with Gasteiger partial charge in [0.25, 0.3) is 5.91 Å². The molecule has 1 aliphatic carbocycles. The number of anilines is 1. The van der Waals surface area contributed by atoms with Gasteiger partial charge < -0.3 is 9.72 Å². The van der Waals surface area contributed by atoms with Crippen LogP contribution in [0, 0.1) is 0 Å². The number of para-hydroxylation sites is 1. The van der Waals surface area contributed by atoms with Gasteiger partial charge >= 0.3 is 5.97 Å². The van der Waals surface area contributed by atoms with Crippen molar-refractivity contribution in [1.29, 1.82) is 0 Å². The van der Waals surface area contributed by atoms with Crippen molar-refractivity contribution in [2.45, 2.75) is 51.2 Å². The fourth-order valence-electron chi connectivity index (χ4n) is 3.82. The SMILES string of the molecule is C[C@H](OC(=O)c1c[nH]c2ccccc12)C(=O)N(c1nccs1)C1CCCCC1. The van der Waals surface area contributed by atoms with Crippen LogP contribution in [-0.4, -0.2) is 34.0 Å². The number of thiazole rings is 1. The Morgan fingerprint density at radius 2 is 2.04 bits per heavy atom. The van der Waals surface area contributed by atoms with Crippen LogP contribution in [0.3, 0.4) is 0 Å². The van der Waals surface area contributed by atoms with Crippen LogP contribution < -0.4 is 4.90 Å². The monoisotopic (exact) mass is 397 g/mol. The summed E-state index contributed by atoms with van der Waals surface area (Å²) in [5.41, 5.74) is 1.30. The molecule has 28 heavy (non-hydrogen) atoms. The maximum Gasteiger partial charge on any atom is 0.341 e. The predicted molar refractivity (Wildman–Crippen MR) is 110 cm³/mol. The average Bonchev–Trinajstić information content (AvgIpc) is 3.39. The molecule has 1 amide bonds. The fraction of sp³-hybridized carbons (Fsp3) is 0.381. The fourth-order valence-corrected chi connectivity index (χ4v) is 4.53. The summed E-state index contributed by atoms with van der Waals surface area (Å²) in [6, 6.07) is 7.64. The van der Waals surface area contributed by atoms with Crippen LogP contribution in [0.15, 0.2) is 42.0 Å². The topological polar surface area (TPSA) is 75.3 Å². The maximum atomic E-state index is 13.2. The number of esters is 1. The van der Waals surface area contributed by atoms with Gasteiger partial charge in [0, 0.05) is 34.7 Å². The first-order valence-electron chi connectivity index (χ1n) is 9.65. The van der Waals surface area contributed by atoms with E-state index in [0.717, 1.165) is 36.6 Å². The minimum absolute atomic E-state index is 0.113. The summed E-state index contributed by atoms with van der Waals surface area (Å²) < 4.78 is 5.56. The number of rotatable bonds is 5. The number of aromatic amines is 1. The summed E-state index contributed by atoms with van der Waals surface area (Å²) in [6.07, 6.45) is 7.75. The first-order chi connectivity index (χ1) is 13.6. The summed E-state index contributed by atoms with van der Waals surface area (Å²) in [7, 11) is 0. The van der Waals surface area contributed by atoms with E-state index >= 15 is 0 Å². The molecule has 0 bridgehead atoms. The van der Waals surface area contributed by atoms with Gasteiger partial charge in [0.15, 0.2) is 11.2 Å². The van der Waals surface area contributed by atoms with Gasteiger partial charge in [-0.1, -0.05) is 37.5 Å². The zero-order valence-electron chi connectivity index (χ0n) is 15.8. The van der Waals surface area contributed by atoms with Crippen LogP contribution >= 0.6 is 11.3 Å². The molecule has 7 heteroatoms. The zero-order valence-corrected chi connectivity index (χ0v) is 16.6. The van der Waals surface area contributed by atoms with E-state index in [4.69, 9.17) is 4.74 Å². The van der Waals surface area contributed by atoms with Crippen molar-refractivity contribution in [3.63, 3.8) is 0 Å². The second-order valence-corrected chi connectivity index (χ2v) is 7.98. The Labute approximate surface area is 167 Å². The number of hydrogen-bond donors (Lipinski definition) is 1. The van der Waals surface area contributed by atoms with Gasteiger partial charge in [0.2, 0.25) is 0 Å². The van der Waals surface area contributed by atoms with Crippen molar-refractivity contribution < 1.29 is 14.3 Å². The third-order valence-electron chi connectivity index (χ3n) is 5.24. The first kappa shape index (κ1) is 18.7. The minimum atomic E-state index is -0.882. The number of fused-ring (bicyclic) bond motifs is 1. The third kappa shape index (κ3) is 3.67. The number of carbonyl (C=O) groups is 2. The van der Waals surface area contributed by atoms with Gasteiger partial charge in [-0.3, -0.25) is 9.69 Å². The highest BCUT2D eigenvalue weighted by Gasteiger charge is 2.33. The van der Waals surface area contributed by atoms with E-state index in [1.165, 1.54) is 17.8 Å². The molecule has 4 rings (SSSR count). The summed E-state index contributed by atoms with van der Waals surface area (Å²) >= 11 is 1.44. The molecular weight excluding hydrogens is 374 g/mol. The molecule has 146 valence electrons. The Bertz CT molecular complexity index is 960. The number of nitrogens with one attached hydrogen (secondary N) is 1. The molecule has 1 aromatic carbocycles. The molecule has 0 radical (unpaired) electrons. The summed E-state index contributed by atoms with van der Waals surface area (Å²) in [6.45, 7) is 1.64. The van der Waals surface area contributed by atoms with Crippen molar-refractivity contribution >= 4 is 39.2 Å². The second kappa shape index (κ2) is 8.14. The van der Waals surface area contributed by atoms with Gasteiger partial charge in [-0.15, -0.1) is 11.3 Å².